The molecule has 0 atom stereocenters. The van der Waals surface area contributed by atoms with Crippen LogP contribution in [0.25, 0.3) is 0 Å². The lowest BCUT2D eigenvalue weighted by molar-refractivity contribution is 0.623. The molecule has 2 nitrogen and oxygen atoms in total. The summed E-state index contributed by atoms with van der Waals surface area (Å²) in [6, 6.07) is 6.32. The molecule has 2 N–H and O–H groups in total. The number of rotatable bonds is 2. The molecule has 0 aromatic heterocycles. The van der Waals surface area contributed by atoms with Crippen molar-refractivity contribution in [1.29, 1.82) is 0 Å². The number of halogens is 1. The first-order chi connectivity index (χ1) is 6.48. The van der Waals surface area contributed by atoms with Crippen LogP contribution in [0, 0.1) is 5.82 Å². The fourth-order valence-corrected chi connectivity index (χ4v) is 1.29. The average molecular weight is 194 g/mol. The summed E-state index contributed by atoms with van der Waals surface area (Å²) >= 11 is 0. The standard InChI is InChI=1S/C11H15FN2/c1-11(2,10(13)14-3)8-4-6-9(12)7-5-8/h4-7H,1-3H3,(H2,13,14). The third-order valence-corrected chi connectivity index (χ3v) is 2.45. The van der Waals surface area contributed by atoms with Gasteiger partial charge >= 0.3 is 0 Å². The highest BCUT2D eigenvalue weighted by atomic mass is 19.1. The zero-order valence-corrected chi connectivity index (χ0v) is 8.71. The first-order valence-corrected chi connectivity index (χ1v) is 4.47. The maximum absolute atomic E-state index is 12.7. The van der Waals surface area contributed by atoms with Crippen LogP contribution in [0.15, 0.2) is 29.3 Å². The summed E-state index contributed by atoms with van der Waals surface area (Å²) in [5.41, 5.74) is 6.39. The van der Waals surface area contributed by atoms with E-state index in [1.54, 1.807) is 19.2 Å². The highest BCUT2D eigenvalue weighted by Crippen LogP contribution is 2.23. The Morgan fingerprint density at radius 2 is 1.79 bits per heavy atom. The van der Waals surface area contributed by atoms with Crippen molar-refractivity contribution in [1.82, 2.24) is 0 Å². The van der Waals surface area contributed by atoms with E-state index in [-0.39, 0.29) is 11.2 Å². The predicted octanol–water partition coefficient (Wildman–Crippen LogP) is 2.09. The van der Waals surface area contributed by atoms with Crippen molar-refractivity contribution in [3.63, 3.8) is 0 Å². The Kier molecular flexibility index (Phi) is 2.89. The molecular formula is C11H15FN2. The van der Waals surface area contributed by atoms with Crippen LogP contribution in [0.3, 0.4) is 0 Å². The van der Waals surface area contributed by atoms with Crippen LogP contribution in [0.5, 0.6) is 0 Å². The maximum atomic E-state index is 12.7. The number of nitrogens with zero attached hydrogens (tertiary/aromatic N) is 1. The second-order valence-electron chi connectivity index (χ2n) is 3.74. The van der Waals surface area contributed by atoms with E-state index in [1.807, 2.05) is 13.8 Å². The van der Waals surface area contributed by atoms with Gasteiger partial charge in [0.2, 0.25) is 0 Å². The van der Waals surface area contributed by atoms with E-state index in [0.717, 1.165) is 5.56 Å². The quantitative estimate of drug-likeness (QED) is 0.568. The minimum Gasteiger partial charge on any atom is -0.387 e. The molecule has 0 saturated heterocycles. The van der Waals surface area contributed by atoms with Crippen LogP contribution in [0.2, 0.25) is 0 Å². The predicted molar refractivity (Wildman–Crippen MR) is 57.0 cm³/mol. The molecule has 0 unspecified atom stereocenters. The topological polar surface area (TPSA) is 38.4 Å². The van der Waals surface area contributed by atoms with E-state index in [1.165, 1.54) is 12.1 Å². The maximum Gasteiger partial charge on any atom is 0.123 e. The second-order valence-corrected chi connectivity index (χ2v) is 3.74. The highest BCUT2D eigenvalue weighted by Gasteiger charge is 2.24. The summed E-state index contributed by atoms with van der Waals surface area (Å²) in [6.07, 6.45) is 0. The summed E-state index contributed by atoms with van der Waals surface area (Å²) in [5.74, 6) is 0.306. The third-order valence-electron chi connectivity index (χ3n) is 2.45. The van der Waals surface area contributed by atoms with Crippen LogP contribution in [-0.2, 0) is 5.41 Å². The molecule has 0 aliphatic rings. The van der Waals surface area contributed by atoms with Gasteiger partial charge in [-0.2, -0.15) is 0 Å². The summed E-state index contributed by atoms with van der Waals surface area (Å²) in [5, 5.41) is 0. The van der Waals surface area contributed by atoms with E-state index in [9.17, 15) is 4.39 Å². The highest BCUT2D eigenvalue weighted by molar-refractivity contribution is 5.90. The number of hydrogen-bond donors (Lipinski definition) is 1. The van der Waals surface area contributed by atoms with E-state index in [2.05, 4.69) is 4.99 Å². The lowest BCUT2D eigenvalue weighted by Crippen LogP contribution is -2.35. The number of nitrogens with two attached hydrogens (primary N) is 1. The van der Waals surface area contributed by atoms with Gasteiger partial charge in [0, 0.05) is 12.5 Å². The van der Waals surface area contributed by atoms with E-state index < -0.39 is 0 Å². The van der Waals surface area contributed by atoms with Crippen LogP contribution >= 0.6 is 0 Å². The minimum atomic E-state index is -0.345. The van der Waals surface area contributed by atoms with E-state index in [4.69, 9.17) is 5.73 Å². The zero-order valence-electron chi connectivity index (χ0n) is 8.71. The molecule has 0 bridgehead atoms. The summed E-state index contributed by atoms with van der Waals surface area (Å²) in [4.78, 5) is 3.96. The number of hydrogen-bond acceptors (Lipinski definition) is 1. The molecule has 14 heavy (non-hydrogen) atoms. The van der Waals surface area contributed by atoms with Gasteiger partial charge in [-0.05, 0) is 31.5 Å². The molecule has 0 radical (unpaired) electrons. The van der Waals surface area contributed by atoms with Gasteiger partial charge in [0.15, 0.2) is 0 Å². The van der Waals surface area contributed by atoms with Crippen molar-refractivity contribution in [2.24, 2.45) is 10.7 Å². The molecule has 0 spiro atoms. The lowest BCUT2D eigenvalue weighted by atomic mass is 9.83. The Balaban J connectivity index is 3.10. The van der Waals surface area contributed by atoms with Crippen LogP contribution in [-0.4, -0.2) is 12.9 Å². The molecule has 1 aromatic carbocycles. The van der Waals surface area contributed by atoms with Crippen molar-refractivity contribution in [2.75, 3.05) is 7.05 Å². The summed E-state index contributed by atoms with van der Waals surface area (Å²) < 4.78 is 12.7. The zero-order chi connectivity index (χ0) is 10.8. The fourth-order valence-electron chi connectivity index (χ4n) is 1.29. The number of amidine groups is 1. The molecule has 0 fully saturated rings. The molecule has 0 amide bonds. The molecule has 0 heterocycles. The lowest BCUT2D eigenvalue weighted by Gasteiger charge is -2.24. The Labute approximate surface area is 83.7 Å². The monoisotopic (exact) mass is 194 g/mol. The Morgan fingerprint density at radius 3 is 2.21 bits per heavy atom. The fraction of sp³-hybridized carbons (Fsp3) is 0.364. The van der Waals surface area contributed by atoms with Crippen LogP contribution in [0.4, 0.5) is 4.39 Å². The van der Waals surface area contributed by atoms with Gasteiger partial charge in [-0.1, -0.05) is 12.1 Å². The molecule has 0 saturated carbocycles. The van der Waals surface area contributed by atoms with Crippen molar-refractivity contribution >= 4 is 5.84 Å². The van der Waals surface area contributed by atoms with Crippen molar-refractivity contribution in [3.05, 3.63) is 35.6 Å². The van der Waals surface area contributed by atoms with Gasteiger partial charge < -0.3 is 5.73 Å². The molecule has 0 aliphatic heterocycles. The van der Waals surface area contributed by atoms with Gasteiger partial charge in [0.05, 0.1) is 0 Å². The van der Waals surface area contributed by atoms with E-state index >= 15 is 0 Å². The molecule has 1 aromatic rings. The molecule has 3 heteroatoms. The van der Waals surface area contributed by atoms with E-state index in [0.29, 0.717) is 5.84 Å². The van der Waals surface area contributed by atoms with Crippen LogP contribution in [0.1, 0.15) is 19.4 Å². The third kappa shape index (κ3) is 1.92. The Hall–Kier alpha value is -1.38. The minimum absolute atomic E-state index is 0.239. The number of benzene rings is 1. The second kappa shape index (κ2) is 3.78. The largest absolute Gasteiger partial charge is 0.387 e. The smallest absolute Gasteiger partial charge is 0.123 e. The Morgan fingerprint density at radius 1 is 1.29 bits per heavy atom. The first-order valence-electron chi connectivity index (χ1n) is 4.47. The van der Waals surface area contributed by atoms with Crippen molar-refractivity contribution < 1.29 is 4.39 Å². The van der Waals surface area contributed by atoms with Gasteiger partial charge in [0.1, 0.15) is 11.7 Å². The molecule has 76 valence electrons. The Bertz CT molecular complexity index is 339. The van der Waals surface area contributed by atoms with Crippen LogP contribution < -0.4 is 5.73 Å². The van der Waals surface area contributed by atoms with Gasteiger partial charge in [-0.3, -0.25) is 4.99 Å². The molecule has 1 rings (SSSR count). The van der Waals surface area contributed by atoms with Crippen molar-refractivity contribution in [3.8, 4) is 0 Å². The van der Waals surface area contributed by atoms with Gasteiger partial charge in [0.25, 0.3) is 0 Å². The number of aliphatic imine (C=N–C) groups is 1. The first kappa shape index (κ1) is 10.7. The summed E-state index contributed by atoms with van der Waals surface area (Å²) in [6.45, 7) is 3.92. The average Bonchev–Trinajstić information content (AvgIpc) is 2.17. The normalized spacial score (nSPS) is 13.0. The SMILES string of the molecule is CN=C(N)C(C)(C)c1ccc(F)cc1. The van der Waals surface area contributed by atoms with Crippen molar-refractivity contribution in [2.45, 2.75) is 19.3 Å². The summed E-state index contributed by atoms with van der Waals surface area (Å²) in [7, 11) is 1.65. The van der Waals surface area contributed by atoms with Gasteiger partial charge in [-0.15, -0.1) is 0 Å². The molecular weight excluding hydrogens is 179 g/mol. The molecule has 0 aliphatic carbocycles. The van der Waals surface area contributed by atoms with Gasteiger partial charge in [-0.25, -0.2) is 4.39 Å².